The van der Waals surface area contributed by atoms with Gasteiger partial charge >= 0.3 is 6.09 Å². The summed E-state index contributed by atoms with van der Waals surface area (Å²) in [5.41, 5.74) is 0.316. The number of nitrogens with zero attached hydrogens (tertiary/aromatic N) is 2. The van der Waals surface area contributed by atoms with E-state index in [0.29, 0.717) is 19.6 Å². The predicted molar refractivity (Wildman–Crippen MR) is 104 cm³/mol. The Balaban J connectivity index is 1.70. The van der Waals surface area contributed by atoms with Crippen molar-refractivity contribution in [2.24, 2.45) is 0 Å². The van der Waals surface area contributed by atoms with Gasteiger partial charge in [0, 0.05) is 45.7 Å². The number of methoxy groups -OCH3 is 1. The first-order valence-corrected chi connectivity index (χ1v) is 9.47. The molecular formula is C20H30FN3O4. The van der Waals surface area contributed by atoms with Crippen LogP contribution < -0.4 is 10.1 Å². The standard InChI is InChI=1S/C20H30FN3O4/c1-20(2,3)28-19(26)22-8-7-18(25)24-11-9-23(10-12-24)14-15-5-6-17(27-4)16(21)13-15/h5-6,13H,7-12,14H2,1-4H3,(H,22,26). The third kappa shape index (κ3) is 6.99. The van der Waals surface area contributed by atoms with Gasteiger partial charge in [0.2, 0.25) is 5.91 Å². The quantitative estimate of drug-likeness (QED) is 0.801. The molecular weight excluding hydrogens is 365 g/mol. The molecule has 0 aliphatic carbocycles. The third-order valence-corrected chi connectivity index (χ3v) is 4.35. The van der Waals surface area contributed by atoms with Gasteiger partial charge < -0.3 is 19.7 Å². The van der Waals surface area contributed by atoms with Crippen molar-refractivity contribution in [3.05, 3.63) is 29.6 Å². The van der Waals surface area contributed by atoms with E-state index in [1.54, 1.807) is 31.7 Å². The molecule has 0 spiro atoms. The Morgan fingerprint density at radius 2 is 1.86 bits per heavy atom. The third-order valence-electron chi connectivity index (χ3n) is 4.35. The number of hydrogen-bond acceptors (Lipinski definition) is 5. The van der Waals surface area contributed by atoms with Gasteiger partial charge in [0.15, 0.2) is 11.6 Å². The second kappa shape index (κ2) is 9.73. The number of ether oxygens (including phenoxy) is 2. The van der Waals surface area contributed by atoms with Crippen molar-refractivity contribution in [2.75, 3.05) is 39.8 Å². The lowest BCUT2D eigenvalue weighted by Crippen LogP contribution is -2.48. The minimum Gasteiger partial charge on any atom is -0.494 e. The van der Waals surface area contributed by atoms with Gasteiger partial charge in [-0.15, -0.1) is 0 Å². The molecule has 1 N–H and O–H groups in total. The van der Waals surface area contributed by atoms with Crippen LogP contribution in [0, 0.1) is 5.82 Å². The van der Waals surface area contributed by atoms with Gasteiger partial charge in [-0.2, -0.15) is 0 Å². The summed E-state index contributed by atoms with van der Waals surface area (Å²) in [4.78, 5) is 27.9. The van der Waals surface area contributed by atoms with Gasteiger partial charge in [-0.3, -0.25) is 9.69 Å². The first kappa shape index (κ1) is 21.9. The molecule has 28 heavy (non-hydrogen) atoms. The fourth-order valence-corrected chi connectivity index (χ4v) is 2.97. The first-order valence-electron chi connectivity index (χ1n) is 9.47. The molecule has 8 heteroatoms. The summed E-state index contributed by atoms with van der Waals surface area (Å²) in [5, 5.41) is 2.60. The second-order valence-corrected chi connectivity index (χ2v) is 7.80. The number of hydrogen-bond donors (Lipinski definition) is 1. The smallest absolute Gasteiger partial charge is 0.407 e. The molecule has 1 saturated heterocycles. The number of piperazine rings is 1. The maximum absolute atomic E-state index is 13.8. The summed E-state index contributed by atoms with van der Waals surface area (Å²) in [6.07, 6.45) is -0.278. The summed E-state index contributed by atoms with van der Waals surface area (Å²) in [7, 11) is 1.44. The number of benzene rings is 1. The van der Waals surface area contributed by atoms with E-state index in [9.17, 15) is 14.0 Å². The SMILES string of the molecule is COc1ccc(CN2CCN(C(=O)CCNC(=O)OC(C)(C)C)CC2)cc1F. The molecule has 2 rings (SSSR count). The van der Waals surface area contributed by atoms with Crippen molar-refractivity contribution in [1.82, 2.24) is 15.1 Å². The number of rotatable bonds is 6. The number of carbonyl (C=O) groups is 2. The molecule has 1 heterocycles. The van der Waals surface area contributed by atoms with Crippen molar-refractivity contribution in [3.63, 3.8) is 0 Å². The maximum atomic E-state index is 13.8. The Labute approximate surface area is 165 Å². The molecule has 1 aromatic carbocycles. The van der Waals surface area contributed by atoms with Crippen molar-refractivity contribution < 1.29 is 23.5 Å². The number of alkyl carbamates (subject to hydrolysis) is 1. The zero-order valence-electron chi connectivity index (χ0n) is 17.1. The Bertz CT molecular complexity index is 683. The molecule has 2 amide bonds. The fourth-order valence-electron chi connectivity index (χ4n) is 2.97. The van der Waals surface area contributed by atoms with Crippen LogP contribution in [0.15, 0.2) is 18.2 Å². The molecule has 0 atom stereocenters. The largest absolute Gasteiger partial charge is 0.494 e. The highest BCUT2D eigenvalue weighted by Gasteiger charge is 2.22. The van der Waals surface area contributed by atoms with Gasteiger partial charge in [-0.25, -0.2) is 9.18 Å². The van der Waals surface area contributed by atoms with Crippen molar-refractivity contribution in [3.8, 4) is 5.75 Å². The molecule has 1 fully saturated rings. The monoisotopic (exact) mass is 395 g/mol. The zero-order valence-corrected chi connectivity index (χ0v) is 17.1. The molecule has 0 unspecified atom stereocenters. The first-order chi connectivity index (χ1) is 13.2. The van der Waals surface area contributed by atoms with Crippen LogP contribution in [0.2, 0.25) is 0 Å². The highest BCUT2D eigenvalue weighted by Crippen LogP contribution is 2.19. The minimum atomic E-state index is -0.558. The van der Waals surface area contributed by atoms with E-state index in [2.05, 4.69) is 10.2 Å². The topological polar surface area (TPSA) is 71.1 Å². The summed E-state index contributed by atoms with van der Waals surface area (Å²) < 4.78 is 23.9. The highest BCUT2D eigenvalue weighted by atomic mass is 19.1. The lowest BCUT2D eigenvalue weighted by atomic mass is 10.1. The number of amides is 2. The van der Waals surface area contributed by atoms with Crippen molar-refractivity contribution in [1.29, 1.82) is 0 Å². The van der Waals surface area contributed by atoms with E-state index in [1.165, 1.54) is 13.2 Å². The normalized spacial score (nSPS) is 15.2. The lowest BCUT2D eigenvalue weighted by molar-refractivity contribution is -0.132. The summed E-state index contributed by atoms with van der Waals surface area (Å²) in [5.74, 6) is -0.128. The number of carbonyl (C=O) groups excluding carboxylic acids is 2. The van der Waals surface area contributed by atoms with E-state index in [1.807, 2.05) is 6.07 Å². The fraction of sp³-hybridized carbons (Fsp3) is 0.600. The summed E-state index contributed by atoms with van der Waals surface area (Å²) in [6, 6.07) is 4.96. The predicted octanol–water partition coefficient (Wildman–Crippen LogP) is 2.39. The average molecular weight is 395 g/mol. The zero-order chi connectivity index (χ0) is 20.7. The second-order valence-electron chi connectivity index (χ2n) is 7.80. The molecule has 1 aliphatic rings. The molecule has 0 saturated carbocycles. The van der Waals surface area contributed by atoms with Crippen LogP contribution >= 0.6 is 0 Å². The molecule has 0 aromatic heterocycles. The van der Waals surface area contributed by atoms with Crippen LogP contribution in [-0.2, 0) is 16.1 Å². The maximum Gasteiger partial charge on any atom is 0.407 e. The Morgan fingerprint density at radius 1 is 1.18 bits per heavy atom. The van der Waals surface area contributed by atoms with Gasteiger partial charge in [0.1, 0.15) is 5.60 Å². The molecule has 1 aliphatic heterocycles. The number of nitrogens with one attached hydrogen (secondary N) is 1. The van der Waals surface area contributed by atoms with Gasteiger partial charge in [0.05, 0.1) is 7.11 Å². The van der Waals surface area contributed by atoms with Gasteiger partial charge in [-0.1, -0.05) is 6.07 Å². The summed E-state index contributed by atoms with van der Waals surface area (Å²) >= 11 is 0. The van der Waals surface area contributed by atoms with Gasteiger partial charge in [0.25, 0.3) is 0 Å². The summed E-state index contributed by atoms with van der Waals surface area (Å²) in [6.45, 7) is 8.92. The Kier molecular flexibility index (Phi) is 7.62. The van der Waals surface area contributed by atoms with E-state index in [0.717, 1.165) is 18.7 Å². The molecule has 7 nitrogen and oxygen atoms in total. The van der Waals surface area contributed by atoms with Crippen LogP contribution in [0.3, 0.4) is 0 Å². The Hall–Kier alpha value is -2.35. The molecule has 156 valence electrons. The van der Waals surface area contributed by atoms with Crippen molar-refractivity contribution >= 4 is 12.0 Å². The van der Waals surface area contributed by atoms with Crippen LogP contribution in [0.5, 0.6) is 5.75 Å². The minimum absolute atomic E-state index is 0.00574. The van der Waals surface area contributed by atoms with Crippen LogP contribution in [0.4, 0.5) is 9.18 Å². The molecule has 0 bridgehead atoms. The number of halogens is 1. The van der Waals surface area contributed by atoms with E-state index in [-0.39, 0.29) is 30.4 Å². The van der Waals surface area contributed by atoms with Crippen molar-refractivity contribution in [2.45, 2.75) is 39.3 Å². The van der Waals surface area contributed by atoms with Crippen LogP contribution in [0.25, 0.3) is 0 Å². The van der Waals surface area contributed by atoms with Crippen LogP contribution in [0.1, 0.15) is 32.8 Å². The molecule has 1 aromatic rings. The lowest BCUT2D eigenvalue weighted by Gasteiger charge is -2.35. The van der Waals surface area contributed by atoms with E-state index >= 15 is 0 Å². The average Bonchev–Trinajstić information content (AvgIpc) is 2.61. The van der Waals surface area contributed by atoms with E-state index in [4.69, 9.17) is 9.47 Å². The highest BCUT2D eigenvalue weighted by molar-refractivity contribution is 5.77. The van der Waals surface area contributed by atoms with E-state index < -0.39 is 11.7 Å². The van der Waals surface area contributed by atoms with Gasteiger partial charge in [-0.05, 0) is 38.5 Å². The molecule has 0 radical (unpaired) electrons. The Morgan fingerprint density at radius 3 is 2.43 bits per heavy atom. The van der Waals surface area contributed by atoms with Crippen LogP contribution in [-0.4, -0.2) is 67.2 Å².